The fraction of sp³-hybridized carbons (Fsp3) is 0.333. The first kappa shape index (κ1) is 20.8. The van der Waals surface area contributed by atoms with E-state index in [0.717, 1.165) is 40.9 Å². The Balaban J connectivity index is 1.75. The molecule has 4 aromatic rings. The molecule has 4 rings (SSSR count). The molecule has 0 spiro atoms. The molecule has 161 valence electrons. The first-order chi connectivity index (χ1) is 14.9. The third-order valence-electron chi connectivity index (χ3n) is 5.07. The van der Waals surface area contributed by atoms with Crippen LogP contribution >= 0.6 is 0 Å². The van der Waals surface area contributed by atoms with Crippen LogP contribution in [0.3, 0.4) is 0 Å². The fourth-order valence-corrected chi connectivity index (χ4v) is 3.70. The predicted octanol–water partition coefficient (Wildman–Crippen LogP) is 3.14. The minimum absolute atomic E-state index is 0.192. The largest absolute Gasteiger partial charge is 0.329 e. The van der Waals surface area contributed by atoms with E-state index in [4.69, 9.17) is 4.98 Å². The molecule has 0 aliphatic carbocycles. The van der Waals surface area contributed by atoms with Crippen molar-refractivity contribution >= 4 is 17.1 Å². The standard InChI is InChI=1S/C21H23F2N8/c1-5-18-15(9-19-20(25-18)31(6-2)13(3)24-19)12-30(21-26-28-29(4)27-21)11-14-7-16(22)10-17(23)8-14/h7-10H,1,5-6,11-12H2,2-4H3. The van der Waals surface area contributed by atoms with E-state index in [0.29, 0.717) is 24.5 Å². The van der Waals surface area contributed by atoms with Gasteiger partial charge in [0.2, 0.25) is 0 Å². The highest BCUT2D eigenvalue weighted by Gasteiger charge is 2.19. The van der Waals surface area contributed by atoms with Crippen LogP contribution in [0.15, 0.2) is 24.3 Å². The summed E-state index contributed by atoms with van der Waals surface area (Å²) in [6, 6.07) is 5.42. The number of tetrazole rings is 1. The quantitative estimate of drug-likeness (QED) is 0.453. The number of hydrogen-bond donors (Lipinski definition) is 0. The maximum Gasteiger partial charge on any atom is 0.266 e. The van der Waals surface area contributed by atoms with Crippen molar-refractivity contribution in [2.45, 2.75) is 39.9 Å². The molecular formula is C21H23F2N8. The van der Waals surface area contributed by atoms with Crippen LogP contribution in [-0.2, 0) is 33.1 Å². The third-order valence-corrected chi connectivity index (χ3v) is 5.07. The molecule has 0 bridgehead atoms. The molecule has 0 fully saturated rings. The number of halogens is 2. The van der Waals surface area contributed by atoms with Crippen LogP contribution in [-0.4, -0.2) is 34.7 Å². The van der Waals surface area contributed by atoms with Crippen molar-refractivity contribution < 1.29 is 8.78 Å². The Labute approximate surface area is 178 Å². The summed E-state index contributed by atoms with van der Waals surface area (Å²) < 4.78 is 29.5. The van der Waals surface area contributed by atoms with Crippen molar-refractivity contribution in [3.05, 3.63) is 65.5 Å². The maximum absolute atomic E-state index is 13.7. The number of fused-ring (bicyclic) bond motifs is 1. The molecule has 3 aromatic heterocycles. The lowest BCUT2D eigenvalue weighted by Crippen LogP contribution is -2.25. The lowest BCUT2D eigenvalue weighted by Gasteiger charge is -2.22. The van der Waals surface area contributed by atoms with Crippen LogP contribution in [0, 0.1) is 25.5 Å². The van der Waals surface area contributed by atoms with Gasteiger partial charge in [0.15, 0.2) is 5.65 Å². The second kappa shape index (κ2) is 8.37. The number of aromatic nitrogens is 7. The number of benzene rings is 1. The van der Waals surface area contributed by atoms with E-state index in [2.05, 4.69) is 31.9 Å². The summed E-state index contributed by atoms with van der Waals surface area (Å²) in [5.41, 5.74) is 3.78. The SMILES string of the molecule is [CH2]Cc1nc2c(cc1CN(Cc1cc(F)cc(F)c1)c1nnn(C)n1)nc(C)n2CC. The molecule has 1 aromatic carbocycles. The van der Waals surface area contributed by atoms with Crippen molar-refractivity contribution in [2.75, 3.05) is 4.90 Å². The monoisotopic (exact) mass is 425 g/mol. The van der Waals surface area contributed by atoms with Crippen molar-refractivity contribution in [1.29, 1.82) is 0 Å². The van der Waals surface area contributed by atoms with Gasteiger partial charge in [-0.3, -0.25) is 0 Å². The Morgan fingerprint density at radius 1 is 1.06 bits per heavy atom. The van der Waals surface area contributed by atoms with Gasteiger partial charge in [-0.25, -0.2) is 18.7 Å². The van der Waals surface area contributed by atoms with Gasteiger partial charge in [-0.1, -0.05) is 5.10 Å². The molecule has 0 aliphatic rings. The number of aryl methyl sites for hydroxylation is 3. The van der Waals surface area contributed by atoms with Gasteiger partial charge >= 0.3 is 0 Å². The van der Waals surface area contributed by atoms with E-state index < -0.39 is 11.6 Å². The van der Waals surface area contributed by atoms with Gasteiger partial charge in [-0.2, -0.15) is 4.80 Å². The molecule has 8 nitrogen and oxygen atoms in total. The zero-order valence-electron chi connectivity index (χ0n) is 17.7. The number of hydrogen-bond acceptors (Lipinski definition) is 6. The lowest BCUT2D eigenvalue weighted by atomic mass is 10.1. The highest BCUT2D eigenvalue weighted by molar-refractivity contribution is 5.73. The summed E-state index contributed by atoms with van der Waals surface area (Å²) in [6.07, 6.45) is 0.482. The van der Waals surface area contributed by atoms with Gasteiger partial charge in [0.25, 0.3) is 5.95 Å². The minimum Gasteiger partial charge on any atom is -0.329 e. The molecule has 0 saturated carbocycles. The Kier molecular flexibility index (Phi) is 5.62. The Bertz CT molecular complexity index is 1210. The maximum atomic E-state index is 13.7. The lowest BCUT2D eigenvalue weighted by molar-refractivity contribution is 0.578. The van der Waals surface area contributed by atoms with Crippen molar-refractivity contribution in [3.63, 3.8) is 0 Å². The zero-order valence-corrected chi connectivity index (χ0v) is 17.7. The van der Waals surface area contributed by atoms with Crippen molar-refractivity contribution in [3.8, 4) is 0 Å². The van der Waals surface area contributed by atoms with Gasteiger partial charge in [0.05, 0.1) is 7.05 Å². The highest BCUT2D eigenvalue weighted by Crippen LogP contribution is 2.23. The summed E-state index contributed by atoms with van der Waals surface area (Å²) >= 11 is 0. The average Bonchev–Trinajstić information content (AvgIpc) is 3.27. The zero-order chi connectivity index (χ0) is 22.1. The Morgan fingerprint density at radius 3 is 2.42 bits per heavy atom. The molecule has 31 heavy (non-hydrogen) atoms. The number of imidazole rings is 1. The average molecular weight is 425 g/mol. The molecule has 0 aliphatic heterocycles. The third kappa shape index (κ3) is 4.23. The number of anilines is 1. The summed E-state index contributed by atoms with van der Waals surface area (Å²) in [6.45, 7) is 9.33. The molecule has 0 amide bonds. The normalized spacial score (nSPS) is 11.4. The summed E-state index contributed by atoms with van der Waals surface area (Å²) in [5.74, 6) is -0.0364. The van der Waals surface area contributed by atoms with E-state index >= 15 is 0 Å². The molecule has 0 unspecified atom stereocenters. The molecule has 3 heterocycles. The molecule has 1 radical (unpaired) electrons. The van der Waals surface area contributed by atoms with E-state index in [1.807, 2.05) is 19.9 Å². The summed E-state index contributed by atoms with van der Waals surface area (Å²) in [4.78, 5) is 12.6. The first-order valence-corrected chi connectivity index (χ1v) is 9.96. The van der Waals surface area contributed by atoms with E-state index in [-0.39, 0.29) is 6.54 Å². The van der Waals surface area contributed by atoms with Crippen LogP contribution in [0.1, 0.15) is 29.6 Å². The van der Waals surface area contributed by atoms with Gasteiger partial charge in [0.1, 0.15) is 23.0 Å². The van der Waals surface area contributed by atoms with Crippen LogP contribution in [0.2, 0.25) is 0 Å². The number of nitrogens with zero attached hydrogens (tertiary/aromatic N) is 8. The molecule has 0 saturated heterocycles. The van der Waals surface area contributed by atoms with Gasteiger partial charge in [-0.15, -0.1) is 5.10 Å². The smallest absolute Gasteiger partial charge is 0.266 e. The number of pyridine rings is 1. The van der Waals surface area contributed by atoms with Crippen LogP contribution in [0.25, 0.3) is 11.2 Å². The first-order valence-electron chi connectivity index (χ1n) is 9.96. The van der Waals surface area contributed by atoms with Crippen molar-refractivity contribution in [1.82, 2.24) is 34.7 Å². The van der Waals surface area contributed by atoms with Gasteiger partial charge < -0.3 is 9.47 Å². The second-order valence-corrected chi connectivity index (χ2v) is 7.30. The second-order valence-electron chi connectivity index (χ2n) is 7.30. The Morgan fingerprint density at radius 2 is 1.81 bits per heavy atom. The Hall–Kier alpha value is -3.43. The number of rotatable bonds is 7. The molecular weight excluding hydrogens is 402 g/mol. The van der Waals surface area contributed by atoms with E-state index in [1.165, 1.54) is 16.9 Å². The minimum atomic E-state index is -0.635. The molecule has 10 heteroatoms. The summed E-state index contributed by atoms with van der Waals surface area (Å²) in [7, 11) is 1.66. The van der Waals surface area contributed by atoms with Gasteiger partial charge in [0, 0.05) is 31.4 Å². The topological polar surface area (TPSA) is 77.6 Å². The van der Waals surface area contributed by atoms with Crippen LogP contribution in [0.4, 0.5) is 14.7 Å². The summed E-state index contributed by atoms with van der Waals surface area (Å²) in [5, 5.41) is 12.3. The highest BCUT2D eigenvalue weighted by atomic mass is 19.1. The fourth-order valence-electron chi connectivity index (χ4n) is 3.70. The molecule has 0 N–H and O–H groups in total. The van der Waals surface area contributed by atoms with Crippen LogP contribution < -0.4 is 4.90 Å². The van der Waals surface area contributed by atoms with E-state index in [1.54, 1.807) is 11.9 Å². The van der Waals surface area contributed by atoms with Gasteiger partial charge in [-0.05, 0) is 61.7 Å². The van der Waals surface area contributed by atoms with E-state index in [9.17, 15) is 8.78 Å². The van der Waals surface area contributed by atoms with Crippen molar-refractivity contribution in [2.24, 2.45) is 7.05 Å². The van der Waals surface area contributed by atoms with Crippen LogP contribution in [0.5, 0.6) is 0 Å². The predicted molar refractivity (Wildman–Crippen MR) is 112 cm³/mol. The molecule has 0 atom stereocenters.